The van der Waals surface area contributed by atoms with E-state index in [0.717, 1.165) is 17.3 Å². The van der Waals surface area contributed by atoms with Crippen LogP contribution < -0.4 is 5.32 Å². The highest BCUT2D eigenvalue weighted by molar-refractivity contribution is 8.00. The van der Waals surface area contributed by atoms with Gasteiger partial charge >= 0.3 is 5.97 Å². The molecule has 0 aliphatic rings. The Kier molecular flexibility index (Phi) is 7.69. The van der Waals surface area contributed by atoms with Crippen molar-refractivity contribution in [1.29, 1.82) is 0 Å². The lowest BCUT2D eigenvalue weighted by Crippen LogP contribution is -2.29. The Morgan fingerprint density at radius 2 is 1.73 bits per heavy atom. The third kappa shape index (κ3) is 5.61. The van der Waals surface area contributed by atoms with E-state index in [9.17, 15) is 14.7 Å². The van der Waals surface area contributed by atoms with Crippen molar-refractivity contribution < 1.29 is 19.8 Å². The van der Waals surface area contributed by atoms with Crippen LogP contribution in [0.4, 0.5) is 0 Å². The van der Waals surface area contributed by atoms with Gasteiger partial charge < -0.3 is 15.5 Å². The van der Waals surface area contributed by atoms with E-state index in [0.29, 0.717) is 23.4 Å². The summed E-state index contributed by atoms with van der Waals surface area (Å²) in [6.45, 7) is 2.03. The van der Waals surface area contributed by atoms with E-state index < -0.39 is 11.2 Å². The van der Waals surface area contributed by atoms with Gasteiger partial charge in [0, 0.05) is 24.0 Å². The van der Waals surface area contributed by atoms with Gasteiger partial charge in [0.05, 0.1) is 5.56 Å². The molecule has 2 rings (SSSR count). The second kappa shape index (κ2) is 9.99. The molecule has 0 aromatic heterocycles. The smallest absolute Gasteiger partial charge is 0.316 e. The molecule has 26 heavy (non-hydrogen) atoms. The van der Waals surface area contributed by atoms with Crippen molar-refractivity contribution in [2.75, 3.05) is 13.2 Å². The fraction of sp³-hybridized carbons (Fsp3) is 0.300. The van der Waals surface area contributed by atoms with Crippen LogP contribution in [0.1, 0.15) is 35.2 Å². The van der Waals surface area contributed by atoms with E-state index in [4.69, 9.17) is 5.11 Å². The third-order valence-corrected chi connectivity index (χ3v) is 5.21. The topological polar surface area (TPSA) is 86.6 Å². The first-order chi connectivity index (χ1) is 12.5. The maximum atomic E-state index is 12.6. The number of rotatable bonds is 9. The minimum atomic E-state index is -0.919. The Morgan fingerprint density at radius 3 is 2.38 bits per heavy atom. The van der Waals surface area contributed by atoms with Gasteiger partial charge in [0.25, 0.3) is 5.91 Å². The Labute approximate surface area is 157 Å². The van der Waals surface area contributed by atoms with Crippen LogP contribution in [0.15, 0.2) is 59.5 Å². The Bertz CT molecular complexity index is 736. The molecule has 138 valence electrons. The van der Waals surface area contributed by atoms with Gasteiger partial charge in [-0.3, -0.25) is 9.59 Å². The Morgan fingerprint density at radius 1 is 1.08 bits per heavy atom. The number of thioether (sulfide) groups is 1. The van der Waals surface area contributed by atoms with Crippen LogP contribution >= 0.6 is 11.8 Å². The summed E-state index contributed by atoms with van der Waals surface area (Å²) < 4.78 is 0. The highest BCUT2D eigenvalue weighted by Gasteiger charge is 2.19. The van der Waals surface area contributed by atoms with E-state index in [1.54, 1.807) is 31.2 Å². The zero-order valence-corrected chi connectivity index (χ0v) is 15.4. The van der Waals surface area contributed by atoms with Crippen LogP contribution in [0.25, 0.3) is 0 Å². The maximum absolute atomic E-state index is 12.6. The number of aliphatic carboxylic acids is 1. The summed E-state index contributed by atoms with van der Waals surface area (Å²) in [4.78, 5) is 24.3. The molecule has 0 saturated carbocycles. The zero-order chi connectivity index (χ0) is 18.9. The highest BCUT2D eigenvalue weighted by atomic mass is 32.2. The van der Waals surface area contributed by atoms with Crippen LogP contribution in [0, 0.1) is 0 Å². The SMILES string of the molecule is CC(Sc1ccccc1C(=O)NCC(CCO)c1ccccc1)C(=O)O. The van der Waals surface area contributed by atoms with Gasteiger partial charge in [-0.1, -0.05) is 42.5 Å². The summed E-state index contributed by atoms with van der Waals surface area (Å²) >= 11 is 1.15. The van der Waals surface area contributed by atoms with Gasteiger partial charge in [-0.05, 0) is 31.0 Å². The number of hydrogen-bond acceptors (Lipinski definition) is 4. The lowest BCUT2D eigenvalue weighted by atomic mass is 9.96. The molecule has 2 unspecified atom stereocenters. The predicted octanol–water partition coefficient (Wildman–Crippen LogP) is 3.15. The van der Waals surface area contributed by atoms with Crippen molar-refractivity contribution >= 4 is 23.6 Å². The molecule has 0 bridgehead atoms. The van der Waals surface area contributed by atoms with Gasteiger partial charge in [0.2, 0.25) is 0 Å². The summed E-state index contributed by atoms with van der Waals surface area (Å²) in [5.41, 5.74) is 1.52. The first kappa shape index (κ1) is 20.0. The minimum Gasteiger partial charge on any atom is -0.480 e. The van der Waals surface area contributed by atoms with Crippen molar-refractivity contribution in [1.82, 2.24) is 5.32 Å². The molecule has 1 amide bonds. The molecule has 0 heterocycles. The number of carboxylic acid groups (broad SMARTS) is 1. The average Bonchev–Trinajstić information content (AvgIpc) is 2.66. The second-order valence-electron chi connectivity index (χ2n) is 5.92. The van der Waals surface area contributed by atoms with E-state index >= 15 is 0 Å². The summed E-state index contributed by atoms with van der Waals surface area (Å²) in [7, 11) is 0. The number of carbonyl (C=O) groups is 2. The lowest BCUT2D eigenvalue weighted by Gasteiger charge is -2.18. The van der Waals surface area contributed by atoms with Gasteiger partial charge in [-0.25, -0.2) is 0 Å². The van der Waals surface area contributed by atoms with Crippen molar-refractivity contribution in [3.8, 4) is 0 Å². The van der Waals surface area contributed by atoms with Gasteiger partial charge in [-0.2, -0.15) is 0 Å². The molecule has 6 heteroatoms. The number of aliphatic hydroxyl groups excluding tert-OH is 1. The predicted molar refractivity (Wildman–Crippen MR) is 103 cm³/mol. The van der Waals surface area contributed by atoms with Crippen molar-refractivity contribution in [3.63, 3.8) is 0 Å². The summed E-state index contributed by atoms with van der Waals surface area (Å²) in [5.74, 6) is -1.15. The molecule has 0 spiro atoms. The quantitative estimate of drug-likeness (QED) is 0.588. The van der Waals surface area contributed by atoms with Gasteiger partial charge in [0.15, 0.2) is 0 Å². The van der Waals surface area contributed by atoms with Crippen molar-refractivity contribution in [2.24, 2.45) is 0 Å². The molecule has 5 nitrogen and oxygen atoms in total. The number of carbonyl (C=O) groups excluding carboxylic acids is 1. The average molecular weight is 373 g/mol. The molecule has 2 aromatic rings. The van der Waals surface area contributed by atoms with Crippen molar-refractivity contribution in [2.45, 2.75) is 29.4 Å². The number of aliphatic hydroxyl groups is 1. The van der Waals surface area contributed by atoms with E-state index in [1.165, 1.54) is 0 Å². The van der Waals surface area contributed by atoms with E-state index in [2.05, 4.69) is 5.32 Å². The van der Waals surface area contributed by atoms with Crippen LogP contribution in [0.5, 0.6) is 0 Å². The molecular weight excluding hydrogens is 350 g/mol. The summed E-state index contributed by atoms with van der Waals surface area (Å²) in [6, 6.07) is 16.7. The largest absolute Gasteiger partial charge is 0.480 e. The summed E-state index contributed by atoms with van der Waals surface area (Å²) in [5, 5.41) is 20.7. The fourth-order valence-electron chi connectivity index (χ4n) is 2.58. The molecular formula is C20H23NO4S. The van der Waals surface area contributed by atoms with Crippen LogP contribution in [-0.2, 0) is 4.79 Å². The molecule has 2 atom stereocenters. The van der Waals surface area contributed by atoms with Crippen LogP contribution in [-0.4, -0.2) is 40.5 Å². The molecule has 0 saturated heterocycles. The minimum absolute atomic E-state index is 0.0166. The van der Waals surface area contributed by atoms with E-state index in [1.807, 2.05) is 30.3 Å². The molecule has 0 radical (unpaired) electrons. The fourth-order valence-corrected chi connectivity index (χ4v) is 3.50. The number of nitrogens with one attached hydrogen (secondary N) is 1. The zero-order valence-electron chi connectivity index (χ0n) is 14.6. The first-order valence-corrected chi connectivity index (χ1v) is 9.33. The summed E-state index contributed by atoms with van der Waals surface area (Å²) in [6.07, 6.45) is 0.552. The molecule has 3 N–H and O–H groups in total. The normalized spacial score (nSPS) is 13.0. The lowest BCUT2D eigenvalue weighted by molar-refractivity contribution is -0.136. The number of benzene rings is 2. The van der Waals surface area contributed by atoms with Crippen LogP contribution in [0.2, 0.25) is 0 Å². The van der Waals surface area contributed by atoms with E-state index in [-0.39, 0.29) is 18.4 Å². The highest BCUT2D eigenvalue weighted by Crippen LogP contribution is 2.27. The maximum Gasteiger partial charge on any atom is 0.316 e. The number of carboxylic acids is 1. The molecule has 0 aliphatic heterocycles. The monoisotopic (exact) mass is 373 g/mol. The van der Waals surface area contributed by atoms with Crippen molar-refractivity contribution in [3.05, 3.63) is 65.7 Å². The van der Waals surface area contributed by atoms with Gasteiger partial charge in [-0.15, -0.1) is 11.8 Å². The van der Waals surface area contributed by atoms with Crippen LogP contribution in [0.3, 0.4) is 0 Å². The third-order valence-electron chi connectivity index (χ3n) is 4.04. The molecule has 2 aromatic carbocycles. The molecule has 0 aliphatic carbocycles. The first-order valence-electron chi connectivity index (χ1n) is 8.45. The molecule has 0 fully saturated rings. The second-order valence-corrected chi connectivity index (χ2v) is 7.31. The van der Waals surface area contributed by atoms with Gasteiger partial charge in [0.1, 0.15) is 5.25 Å². The standard InChI is InChI=1S/C20H23NO4S/c1-14(20(24)25)26-18-10-6-5-9-17(18)19(23)21-13-16(11-12-22)15-7-3-2-4-8-15/h2-10,14,16,22H,11-13H2,1H3,(H,21,23)(H,24,25). The Balaban J connectivity index is 2.08. The number of amides is 1. The number of hydrogen-bond donors (Lipinski definition) is 3. The Hall–Kier alpha value is -2.31.